The lowest BCUT2D eigenvalue weighted by molar-refractivity contribution is -0.136. The predicted octanol–water partition coefficient (Wildman–Crippen LogP) is 1.43. The lowest BCUT2D eigenvalue weighted by Crippen LogP contribution is -2.02. The number of nitrogens with zero attached hydrogens (tertiary/aromatic N) is 4. The number of hydrogen-bond donors (Lipinski definition) is 1. The quantitative estimate of drug-likeness (QED) is 0.779. The van der Waals surface area contributed by atoms with E-state index >= 15 is 0 Å². The van der Waals surface area contributed by atoms with Crippen LogP contribution in [0.3, 0.4) is 0 Å². The molecule has 0 aliphatic rings. The largest absolute Gasteiger partial charge is 0.496 e. The summed E-state index contributed by atoms with van der Waals surface area (Å²) in [4.78, 5) is 19.0. The second kappa shape index (κ2) is 5.20. The molecule has 3 aromatic rings. The van der Waals surface area contributed by atoms with Crippen LogP contribution in [-0.4, -0.2) is 37.8 Å². The molecule has 106 valence electrons. The third-order valence-electron chi connectivity index (χ3n) is 2.98. The molecular weight excluding hydrogens is 272 g/mol. The maximum absolute atomic E-state index is 10.8. The van der Waals surface area contributed by atoms with Crippen molar-refractivity contribution in [1.82, 2.24) is 19.6 Å². The highest BCUT2D eigenvalue weighted by Gasteiger charge is 2.14. The number of hydrogen-bond acceptors (Lipinski definition) is 5. The number of methoxy groups -OCH3 is 1. The molecule has 1 N–H and O–H groups in total. The van der Waals surface area contributed by atoms with Crippen molar-refractivity contribution in [3.05, 3.63) is 42.4 Å². The van der Waals surface area contributed by atoms with Crippen LogP contribution in [0.4, 0.5) is 0 Å². The lowest BCUT2D eigenvalue weighted by Gasteiger charge is -2.08. The molecule has 0 spiro atoms. The van der Waals surface area contributed by atoms with E-state index in [-0.39, 0.29) is 12.2 Å². The molecule has 2 heterocycles. The number of carboxylic acid groups (broad SMARTS) is 1. The Hall–Kier alpha value is -2.96. The normalized spacial score (nSPS) is 10.7. The van der Waals surface area contributed by atoms with Gasteiger partial charge in [0, 0.05) is 11.8 Å². The molecule has 7 nitrogen and oxygen atoms in total. The number of para-hydroxylation sites is 1. The van der Waals surface area contributed by atoms with Crippen LogP contribution in [-0.2, 0) is 11.2 Å². The van der Waals surface area contributed by atoms with Crippen LogP contribution in [0.5, 0.6) is 5.75 Å². The average molecular weight is 284 g/mol. The number of aliphatic carboxylic acids is 1. The van der Waals surface area contributed by atoms with Gasteiger partial charge >= 0.3 is 5.97 Å². The first-order chi connectivity index (χ1) is 10.2. The van der Waals surface area contributed by atoms with E-state index in [9.17, 15) is 4.79 Å². The molecule has 0 radical (unpaired) electrons. The van der Waals surface area contributed by atoms with Crippen LogP contribution < -0.4 is 4.74 Å². The number of carboxylic acids is 1. The van der Waals surface area contributed by atoms with Gasteiger partial charge < -0.3 is 9.84 Å². The fourth-order valence-corrected chi connectivity index (χ4v) is 2.11. The highest BCUT2D eigenvalue weighted by molar-refractivity contribution is 5.70. The standard InChI is InChI=1S/C14H12N4O3/c1-21-11-5-3-2-4-9(11)10-6-7-15-14-16-12(8-13(19)20)17-18(10)14/h2-7H,8H2,1H3,(H,19,20). The summed E-state index contributed by atoms with van der Waals surface area (Å²) >= 11 is 0. The summed E-state index contributed by atoms with van der Waals surface area (Å²) in [6.45, 7) is 0. The Balaban J connectivity index is 2.18. The molecule has 0 saturated carbocycles. The van der Waals surface area contributed by atoms with Gasteiger partial charge in [-0.3, -0.25) is 4.79 Å². The zero-order valence-corrected chi connectivity index (χ0v) is 11.2. The van der Waals surface area contributed by atoms with Gasteiger partial charge in [-0.05, 0) is 18.2 Å². The zero-order chi connectivity index (χ0) is 14.8. The fourth-order valence-electron chi connectivity index (χ4n) is 2.11. The monoisotopic (exact) mass is 284 g/mol. The smallest absolute Gasteiger partial charge is 0.311 e. The number of ether oxygens (including phenoxy) is 1. The van der Waals surface area contributed by atoms with Crippen molar-refractivity contribution >= 4 is 11.7 Å². The maximum atomic E-state index is 10.8. The molecular formula is C14H12N4O3. The molecule has 0 saturated heterocycles. The maximum Gasteiger partial charge on any atom is 0.311 e. The van der Waals surface area contributed by atoms with Crippen LogP contribution in [0.15, 0.2) is 36.5 Å². The lowest BCUT2D eigenvalue weighted by atomic mass is 10.1. The summed E-state index contributed by atoms with van der Waals surface area (Å²) in [7, 11) is 1.59. The summed E-state index contributed by atoms with van der Waals surface area (Å²) in [5.74, 6) is 0.289. The highest BCUT2D eigenvalue weighted by Crippen LogP contribution is 2.28. The molecule has 0 unspecified atom stereocenters. The van der Waals surface area contributed by atoms with E-state index in [1.54, 1.807) is 19.4 Å². The summed E-state index contributed by atoms with van der Waals surface area (Å²) in [6, 6.07) is 9.28. The summed E-state index contributed by atoms with van der Waals surface area (Å²) in [6.07, 6.45) is 1.37. The van der Waals surface area contributed by atoms with E-state index in [1.807, 2.05) is 24.3 Å². The molecule has 21 heavy (non-hydrogen) atoms. The first-order valence-corrected chi connectivity index (χ1v) is 6.25. The second-order valence-corrected chi connectivity index (χ2v) is 4.34. The van der Waals surface area contributed by atoms with Crippen LogP contribution >= 0.6 is 0 Å². The number of carbonyl (C=O) groups is 1. The average Bonchev–Trinajstić information content (AvgIpc) is 2.88. The van der Waals surface area contributed by atoms with Gasteiger partial charge in [-0.2, -0.15) is 9.50 Å². The van der Waals surface area contributed by atoms with Gasteiger partial charge in [-0.15, -0.1) is 5.10 Å². The third-order valence-corrected chi connectivity index (χ3v) is 2.98. The first-order valence-electron chi connectivity index (χ1n) is 6.25. The van der Waals surface area contributed by atoms with Crippen molar-refractivity contribution in [2.24, 2.45) is 0 Å². The van der Waals surface area contributed by atoms with Crippen LogP contribution in [0, 0.1) is 0 Å². The molecule has 0 aliphatic heterocycles. The van der Waals surface area contributed by atoms with Crippen LogP contribution in [0.1, 0.15) is 5.82 Å². The molecule has 2 aromatic heterocycles. The van der Waals surface area contributed by atoms with Crippen molar-refractivity contribution in [1.29, 1.82) is 0 Å². The minimum Gasteiger partial charge on any atom is -0.496 e. The topological polar surface area (TPSA) is 89.6 Å². The minimum absolute atomic E-state index is 0.220. The van der Waals surface area contributed by atoms with Crippen LogP contribution in [0.25, 0.3) is 17.0 Å². The SMILES string of the molecule is COc1ccccc1-c1ccnc2nc(CC(=O)O)nn12. The Morgan fingerprint density at radius 1 is 1.33 bits per heavy atom. The second-order valence-electron chi connectivity index (χ2n) is 4.34. The first kappa shape index (κ1) is 13.0. The molecule has 0 atom stereocenters. The predicted molar refractivity (Wildman–Crippen MR) is 74.1 cm³/mol. The Labute approximate surface area is 119 Å². The van der Waals surface area contributed by atoms with Gasteiger partial charge in [0.05, 0.1) is 12.8 Å². The van der Waals surface area contributed by atoms with Gasteiger partial charge in [0.2, 0.25) is 0 Å². The number of rotatable bonds is 4. The van der Waals surface area contributed by atoms with E-state index in [4.69, 9.17) is 9.84 Å². The summed E-state index contributed by atoms with van der Waals surface area (Å²) < 4.78 is 6.87. The number of aromatic nitrogens is 4. The van der Waals surface area contributed by atoms with Crippen molar-refractivity contribution < 1.29 is 14.6 Å². The zero-order valence-electron chi connectivity index (χ0n) is 11.2. The van der Waals surface area contributed by atoms with E-state index in [0.717, 1.165) is 11.3 Å². The van der Waals surface area contributed by atoms with E-state index in [2.05, 4.69) is 15.1 Å². The molecule has 0 fully saturated rings. The Kier molecular flexibility index (Phi) is 3.23. The highest BCUT2D eigenvalue weighted by atomic mass is 16.5. The molecule has 0 aliphatic carbocycles. The fraction of sp³-hybridized carbons (Fsp3) is 0.143. The Morgan fingerprint density at radius 3 is 2.90 bits per heavy atom. The molecule has 3 rings (SSSR count). The molecule has 0 bridgehead atoms. The van der Waals surface area contributed by atoms with Crippen molar-refractivity contribution in [2.75, 3.05) is 7.11 Å². The number of fused-ring (bicyclic) bond motifs is 1. The molecule has 0 amide bonds. The number of benzene rings is 1. The minimum atomic E-state index is -0.982. The van der Waals surface area contributed by atoms with E-state index < -0.39 is 5.97 Å². The Morgan fingerprint density at radius 2 is 2.14 bits per heavy atom. The molecule has 1 aromatic carbocycles. The van der Waals surface area contributed by atoms with Gasteiger partial charge in [0.15, 0.2) is 5.82 Å². The summed E-state index contributed by atoms with van der Waals surface area (Å²) in [5, 5.41) is 13.0. The van der Waals surface area contributed by atoms with Gasteiger partial charge in [0.25, 0.3) is 5.78 Å². The van der Waals surface area contributed by atoms with Gasteiger partial charge in [-0.1, -0.05) is 12.1 Å². The third kappa shape index (κ3) is 2.40. The van der Waals surface area contributed by atoms with Gasteiger partial charge in [0.1, 0.15) is 12.2 Å². The summed E-state index contributed by atoms with van der Waals surface area (Å²) in [5.41, 5.74) is 1.57. The molecule has 7 heteroatoms. The van der Waals surface area contributed by atoms with Crippen LogP contribution in [0.2, 0.25) is 0 Å². The van der Waals surface area contributed by atoms with Crippen molar-refractivity contribution in [2.45, 2.75) is 6.42 Å². The van der Waals surface area contributed by atoms with Crippen molar-refractivity contribution in [3.63, 3.8) is 0 Å². The van der Waals surface area contributed by atoms with E-state index in [1.165, 1.54) is 4.52 Å². The van der Waals surface area contributed by atoms with E-state index in [0.29, 0.717) is 11.5 Å². The Bertz CT molecular complexity index is 813. The van der Waals surface area contributed by atoms with Gasteiger partial charge in [-0.25, -0.2) is 4.98 Å². The van der Waals surface area contributed by atoms with Crippen molar-refractivity contribution in [3.8, 4) is 17.0 Å².